The van der Waals surface area contributed by atoms with Gasteiger partial charge in [0.15, 0.2) is 0 Å². The van der Waals surface area contributed by atoms with Crippen LogP contribution < -0.4 is 5.32 Å². The van der Waals surface area contributed by atoms with Crippen molar-refractivity contribution in [3.8, 4) is 0 Å². The van der Waals surface area contributed by atoms with Gasteiger partial charge in [0.2, 0.25) is 0 Å². The number of hydrogen-bond acceptors (Lipinski definition) is 5. The second kappa shape index (κ2) is 7.33. The number of ether oxygens (including phenoxy) is 1. The maximum absolute atomic E-state index is 5.52. The molecular formula is C15H29N5O. The number of hydrogen-bond donors (Lipinski definition) is 1. The van der Waals surface area contributed by atoms with E-state index in [0.717, 1.165) is 51.5 Å². The van der Waals surface area contributed by atoms with E-state index in [1.54, 1.807) is 6.33 Å². The normalized spacial score (nSPS) is 21.1. The van der Waals surface area contributed by atoms with E-state index in [1.165, 1.54) is 0 Å². The summed E-state index contributed by atoms with van der Waals surface area (Å²) in [4.78, 5) is 6.97. The van der Waals surface area contributed by atoms with E-state index in [4.69, 9.17) is 4.74 Å². The van der Waals surface area contributed by atoms with Gasteiger partial charge in [0.25, 0.3) is 0 Å². The monoisotopic (exact) mass is 295 g/mol. The Labute approximate surface area is 127 Å². The third-order valence-corrected chi connectivity index (χ3v) is 4.84. The van der Waals surface area contributed by atoms with Gasteiger partial charge in [-0.15, -0.1) is 0 Å². The van der Waals surface area contributed by atoms with Crippen LogP contribution in [0.5, 0.6) is 0 Å². The zero-order valence-electron chi connectivity index (χ0n) is 13.8. The lowest BCUT2D eigenvalue weighted by Crippen LogP contribution is -2.62. The summed E-state index contributed by atoms with van der Waals surface area (Å²) in [6.07, 6.45) is 3.63. The molecule has 0 saturated carbocycles. The molecule has 2 rings (SSSR count). The topological polar surface area (TPSA) is 55.2 Å². The van der Waals surface area contributed by atoms with E-state index in [9.17, 15) is 0 Å². The summed E-state index contributed by atoms with van der Waals surface area (Å²) in [6, 6.07) is 0.355. The van der Waals surface area contributed by atoms with Crippen molar-refractivity contribution in [3.05, 3.63) is 12.2 Å². The van der Waals surface area contributed by atoms with Gasteiger partial charge in [0, 0.05) is 38.1 Å². The highest BCUT2D eigenvalue weighted by atomic mass is 16.5. The maximum Gasteiger partial charge on any atom is 0.138 e. The summed E-state index contributed by atoms with van der Waals surface area (Å²) in [5, 5.41) is 7.87. The molecule has 1 aromatic rings. The van der Waals surface area contributed by atoms with Crippen LogP contribution in [0.3, 0.4) is 0 Å². The van der Waals surface area contributed by atoms with Gasteiger partial charge in [-0.05, 0) is 19.9 Å². The summed E-state index contributed by atoms with van der Waals surface area (Å²) >= 11 is 0. The number of nitrogens with zero attached hydrogens (tertiary/aromatic N) is 4. The summed E-state index contributed by atoms with van der Waals surface area (Å²) in [6.45, 7) is 11.4. The fourth-order valence-electron chi connectivity index (χ4n) is 3.21. The highest BCUT2D eigenvalue weighted by Gasteiger charge is 2.39. The van der Waals surface area contributed by atoms with Crippen molar-refractivity contribution in [2.75, 3.05) is 32.8 Å². The highest BCUT2D eigenvalue weighted by molar-refractivity contribution is 5.02. The molecule has 2 heterocycles. The first-order chi connectivity index (χ1) is 10.1. The Balaban J connectivity index is 2.18. The van der Waals surface area contributed by atoms with Crippen LogP contribution in [0.15, 0.2) is 6.33 Å². The fourth-order valence-corrected chi connectivity index (χ4v) is 3.21. The molecule has 6 nitrogen and oxygen atoms in total. The Kier molecular flexibility index (Phi) is 5.72. The third-order valence-electron chi connectivity index (χ3n) is 4.84. The molecule has 6 heteroatoms. The quantitative estimate of drug-likeness (QED) is 0.808. The molecule has 0 spiro atoms. The van der Waals surface area contributed by atoms with Gasteiger partial charge in [-0.25, -0.2) is 4.98 Å². The first-order valence-corrected chi connectivity index (χ1v) is 8.00. The molecule has 1 saturated heterocycles. The predicted octanol–water partition coefficient (Wildman–Crippen LogP) is 0.837. The van der Waals surface area contributed by atoms with Crippen molar-refractivity contribution in [2.45, 2.75) is 45.2 Å². The summed E-state index contributed by atoms with van der Waals surface area (Å²) in [5.41, 5.74) is 0.103. The Bertz CT molecular complexity index is 429. The first kappa shape index (κ1) is 16.4. The van der Waals surface area contributed by atoms with Gasteiger partial charge in [-0.2, -0.15) is 5.10 Å². The molecule has 2 unspecified atom stereocenters. The van der Waals surface area contributed by atoms with Gasteiger partial charge < -0.3 is 10.1 Å². The second-order valence-electron chi connectivity index (χ2n) is 5.92. The Morgan fingerprint density at radius 3 is 2.62 bits per heavy atom. The highest BCUT2D eigenvalue weighted by Crippen LogP contribution is 2.26. The van der Waals surface area contributed by atoms with Gasteiger partial charge in [-0.1, -0.05) is 13.8 Å². The Morgan fingerprint density at radius 2 is 2.10 bits per heavy atom. The van der Waals surface area contributed by atoms with Crippen molar-refractivity contribution in [2.24, 2.45) is 7.05 Å². The van der Waals surface area contributed by atoms with Crippen LogP contribution >= 0.6 is 0 Å². The number of rotatable bonds is 7. The molecule has 1 aliphatic rings. The summed E-state index contributed by atoms with van der Waals surface area (Å²) in [5.74, 6) is 1.04. The minimum Gasteiger partial charge on any atom is -0.379 e. The van der Waals surface area contributed by atoms with Crippen molar-refractivity contribution in [3.63, 3.8) is 0 Å². The fraction of sp³-hybridized carbons (Fsp3) is 0.867. The molecule has 1 aliphatic heterocycles. The third kappa shape index (κ3) is 3.62. The van der Waals surface area contributed by atoms with E-state index in [-0.39, 0.29) is 5.54 Å². The van der Waals surface area contributed by atoms with Crippen LogP contribution in [-0.4, -0.2) is 64.1 Å². The molecule has 0 aliphatic carbocycles. The average molecular weight is 295 g/mol. The SMILES string of the molecule is CCNC(Cc1ncnn1C)C(C)(CC)N1CCOCC1. The minimum absolute atomic E-state index is 0.103. The maximum atomic E-state index is 5.52. The van der Waals surface area contributed by atoms with Gasteiger partial charge in [0.1, 0.15) is 12.2 Å². The number of aryl methyl sites for hydroxylation is 1. The lowest BCUT2D eigenvalue weighted by Gasteiger charge is -2.48. The molecule has 0 amide bonds. The largest absolute Gasteiger partial charge is 0.379 e. The Morgan fingerprint density at radius 1 is 1.38 bits per heavy atom. The number of nitrogens with one attached hydrogen (secondary N) is 1. The Hall–Kier alpha value is -0.980. The van der Waals surface area contributed by atoms with E-state index in [0.29, 0.717) is 6.04 Å². The van der Waals surface area contributed by atoms with Crippen LogP contribution in [-0.2, 0) is 18.2 Å². The zero-order chi connectivity index (χ0) is 15.3. The van der Waals surface area contributed by atoms with Gasteiger partial charge in [0.05, 0.1) is 13.2 Å². The number of aromatic nitrogens is 3. The molecule has 21 heavy (non-hydrogen) atoms. The molecule has 120 valence electrons. The first-order valence-electron chi connectivity index (χ1n) is 8.00. The van der Waals surface area contributed by atoms with Gasteiger partial charge in [-0.3, -0.25) is 9.58 Å². The van der Waals surface area contributed by atoms with E-state index in [1.807, 2.05) is 11.7 Å². The van der Waals surface area contributed by atoms with Crippen molar-refractivity contribution < 1.29 is 4.74 Å². The lowest BCUT2D eigenvalue weighted by atomic mass is 9.84. The number of likely N-dealkylation sites (N-methyl/N-ethyl adjacent to an activating group) is 1. The molecular weight excluding hydrogens is 266 g/mol. The molecule has 2 atom stereocenters. The van der Waals surface area contributed by atoms with Crippen molar-refractivity contribution in [1.82, 2.24) is 25.0 Å². The average Bonchev–Trinajstić information content (AvgIpc) is 2.92. The predicted molar refractivity (Wildman–Crippen MR) is 83.3 cm³/mol. The van der Waals surface area contributed by atoms with Crippen LogP contribution in [0.1, 0.15) is 33.0 Å². The molecule has 0 bridgehead atoms. The molecule has 0 radical (unpaired) electrons. The van der Waals surface area contributed by atoms with E-state index < -0.39 is 0 Å². The van der Waals surface area contributed by atoms with Crippen LogP contribution in [0, 0.1) is 0 Å². The molecule has 1 N–H and O–H groups in total. The second-order valence-corrected chi connectivity index (χ2v) is 5.92. The van der Waals surface area contributed by atoms with Crippen LogP contribution in [0.2, 0.25) is 0 Å². The van der Waals surface area contributed by atoms with Crippen molar-refractivity contribution in [1.29, 1.82) is 0 Å². The van der Waals surface area contributed by atoms with Crippen LogP contribution in [0.25, 0.3) is 0 Å². The number of morpholine rings is 1. The molecule has 0 aromatic carbocycles. The van der Waals surface area contributed by atoms with Crippen molar-refractivity contribution >= 4 is 0 Å². The molecule has 1 aromatic heterocycles. The summed E-state index contributed by atoms with van der Waals surface area (Å²) in [7, 11) is 1.96. The lowest BCUT2D eigenvalue weighted by molar-refractivity contribution is -0.0323. The standard InChI is InChI=1S/C15H29N5O/c1-5-15(3,20-7-9-21-10-8-20)13(16-6-2)11-14-17-12-18-19(14)4/h12-13,16H,5-11H2,1-4H3. The van der Waals surface area contributed by atoms with E-state index in [2.05, 4.69) is 41.1 Å². The summed E-state index contributed by atoms with van der Waals surface area (Å²) < 4.78 is 7.39. The smallest absolute Gasteiger partial charge is 0.138 e. The zero-order valence-corrected chi connectivity index (χ0v) is 13.8. The van der Waals surface area contributed by atoms with Crippen LogP contribution in [0.4, 0.5) is 0 Å². The van der Waals surface area contributed by atoms with E-state index >= 15 is 0 Å². The minimum atomic E-state index is 0.103. The van der Waals surface area contributed by atoms with Gasteiger partial charge >= 0.3 is 0 Å². The molecule has 1 fully saturated rings.